The maximum Gasteiger partial charge on any atom is 0.129 e. The van der Waals surface area contributed by atoms with E-state index in [1.54, 1.807) is 0 Å². The van der Waals surface area contributed by atoms with Gasteiger partial charge in [-0.05, 0) is 59.5 Å². The largest absolute Gasteiger partial charge is 0.312 e. The zero-order valence-corrected chi connectivity index (χ0v) is 13.1. The van der Waals surface area contributed by atoms with Gasteiger partial charge < -0.3 is 10.2 Å². The Morgan fingerprint density at radius 2 is 1.75 bits per heavy atom. The quantitative estimate of drug-likeness (QED) is 0.827. The van der Waals surface area contributed by atoms with Crippen LogP contribution in [-0.2, 0) is 6.42 Å². The molecule has 1 rings (SSSR count). The van der Waals surface area contributed by atoms with Gasteiger partial charge in [0, 0.05) is 17.1 Å². The number of rotatable bonds is 7. The maximum absolute atomic E-state index is 13.8. The predicted octanol–water partition coefficient (Wildman–Crippen LogP) is 3.22. The van der Waals surface area contributed by atoms with Crippen LogP contribution in [0.15, 0.2) is 18.2 Å². The first-order chi connectivity index (χ1) is 9.30. The number of hydrogen-bond donors (Lipinski definition) is 1. The summed E-state index contributed by atoms with van der Waals surface area (Å²) >= 11 is 0. The van der Waals surface area contributed by atoms with E-state index in [0.717, 1.165) is 13.0 Å². The maximum atomic E-state index is 13.8. The molecule has 4 heteroatoms. The van der Waals surface area contributed by atoms with Crippen LogP contribution in [0.25, 0.3) is 0 Å². The van der Waals surface area contributed by atoms with Gasteiger partial charge in [0.25, 0.3) is 0 Å². The van der Waals surface area contributed by atoms with Crippen LogP contribution < -0.4 is 5.32 Å². The van der Waals surface area contributed by atoms with Crippen LogP contribution in [0.3, 0.4) is 0 Å². The molecule has 0 radical (unpaired) electrons. The summed E-state index contributed by atoms with van der Waals surface area (Å²) in [6.45, 7) is 7.08. The average Bonchev–Trinajstić information content (AvgIpc) is 2.37. The molecule has 1 unspecified atom stereocenters. The Balaban J connectivity index is 3.01. The van der Waals surface area contributed by atoms with Crippen molar-refractivity contribution in [3.8, 4) is 0 Å². The zero-order chi connectivity index (χ0) is 15.3. The third-order valence-corrected chi connectivity index (χ3v) is 4.12. The van der Waals surface area contributed by atoms with Crippen LogP contribution >= 0.6 is 0 Å². The molecule has 0 aliphatic heterocycles. The second-order valence-electron chi connectivity index (χ2n) is 5.96. The standard InChI is InChI=1S/C16H26F2N2/c1-6-10-19-15(16(2,3)20(4)5)11-12-13(17)8-7-9-14(12)18/h7-9,15,19H,6,10-11H2,1-5H3. The first-order valence-corrected chi connectivity index (χ1v) is 7.14. The second kappa shape index (κ2) is 7.14. The smallest absolute Gasteiger partial charge is 0.129 e. The van der Waals surface area contributed by atoms with Crippen LogP contribution in [0.2, 0.25) is 0 Å². The molecule has 0 spiro atoms. The molecule has 1 atom stereocenters. The van der Waals surface area contributed by atoms with Gasteiger partial charge in [0.15, 0.2) is 0 Å². The fraction of sp³-hybridized carbons (Fsp3) is 0.625. The van der Waals surface area contributed by atoms with Crippen LogP contribution in [0, 0.1) is 11.6 Å². The van der Waals surface area contributed by atoms with Gasteiger partial charge in [0.05, 0.1) is 0 Å². The first kappa shape index (κ1) is 17.1. The second-order valence-corrected chi connectivity index (χ2v) is 5.96. The highest BCUT2D eigenvalue weighted by Gasteiger charge is 2.32. The summed E-state index contributed by atoms with van der Waals surface area (Å²) in [7, 11) is 3.97. The molecule has 1 aromatic carbocycles. The number of hydrogen-bond acceptors (Lipinski definition) is 2. The fourth-order valence-corrected chi connectivity index (χ4v) is 2.13. The molecule has 1 aromatic rings. The van der Waals surface area contributed by atoms with Gasteiger partial charge in [-0.3, -0.25) is 0 Å². The molecular weight excluding hydrogens is 258 g/mol. The minimum absolute atomic E-state index is 0.0242. The van der Waals surface area contributed by atoms with Gasteiger partial charge in [-0.25, -0.2) is 8.78 Å². The lowest BCUT2D eigenvalue weighted by Gasteiger charge is -2.41. The lowest BCUT2D eigenvalue weighted by atomic mass is 9.87. The van der Waals surface area contributed by atoms with Crippen molar-refractivity contribution >= 4 is 0 Å². The minimum Gasteiger partial charge on any atom is -0.312 e. The summed E-state index contributed by atoms with van der Waals surface area (Å²) in [5, 5.41) is 3.42. The van der Waals surface area contributed by atoms with E-state index in [1.165, 1.54) is 18.2 Å². The van der Waals surface area contributed by atoms with E-state index in [1.807, 2.05) is 14.1 Å². The number of benzene rings is 1. The van der Waals surface area contributed by atoms with Crippen molar-refractivity contribution in [3.63, 3.8) is 0 Å². The summed E-state index contributed by atoms with van der Waals surface area (Å²) in [6, 6.07) is 4.01. The highest BCUT2D eigenvalue weighted by molar-refractivity contribution is 5.21. The molecule has 0 saturated heterocycles. The van der Waals surface area contributed by atoms with Gasteiger partial charge in [0.2, 0.25) is 0 Å². The van der Waals surface area contributed by atoms with Crippen LogP contribution in [0.4, 0.5) is 8.78 Å². The van der Waals surface area contributed by atoms with Crippen molar-refractivity contribution in [2.24, 2.45) is 0 Å². The molecule has 2 nitrogen and oxygen atoms in total. The fourth-order valence-electron chi connectivity index (χ4n) is 2.13. The Labute approximate surface area is 121 Å². The van der Waals surface area contributed by atoms with E-state index in [2.05, 4.69) is 31.0 Å². The van der Waals surface area contributed by atoms with Crippen molar-refractivity contribution in [1.29, 1.82) is 0 Å². The van der Waals surface area contributed by atoms with E-state index < -0.39 is 11.6 Å². The summed E-state index contributed by atoms with van der Waals surface area (Å²) in [5.74, 6) is -0.939. The first-order valence-electron chi connectivity index (χ1n) is 7.14. The van der Waals surface area contributed by atoms with Gasteiger partial charge in [-0.2, -0.15) is 0 Å². The van der Waals surface area contributed by atoms with Crippen LogP contribution in [0.5, 0.6) is 0 Å². The average molecular weight is 284 g/mol. The minimum atomic E-state index is -0.470. The Morgan fingerprint density at radius 3 is 2.20 bits per heavy atom. The van der Waals surface area contributed by atoms with Crippen molar-refractivity contribution in [2.45, 2.75) is 45.2 Å². The Bertz CT molecular complexity index is 410. The van der Waals surface area contributed by atoms with E-state index in [9.17, 15) is 8.78 Å². The molecule has 20 heavy (non-hydrogen) atoms. The van der Waals surface area contributed by atoms with Crippen molar-refractivity contribution in [1.82, 2.24) is 10.2 Å². The van der Waals surface area contributed by atoms with E-state index in [4.69, 9.17) is 0 Å². The normalized spacial score (nSPS) is 13.8. The Morgan fingerprint density at radius 1 is 1.20 bits per heavy atom. The molecule has 0 saturated carbocycles. The molecule has 1 N–H and O–H groups in total. The molecule has 0 aliphatic carbocycles. The lowest BCUT2D eigenvalue weighted by Crippen LogP contribution is -2.56. The number of halogens is 2. The Hall–Kier alpha value is -1.00. The monoisotopic (exact) mass is 284 g/mol. The molecule has 0 heterocycles. The van der Waals surface area contributed by atoms with E-state index in [-0.39, 0.29) is 17.1 Å². The number of nitrogens with zero attached hydrogens (tertiary/aromatic N) is 1. The molecule has 0 aromatic heterocycles. The van der Waals surface area contributed by atoms with Crippen molar-refractivity contribution in [2.75, 3.05) is 20.6 Å². The lowest BCUT2D eigenvalue weighted by molar-refractivity contribution is 0.136. The summed E-state index contributed by atoms with van der Waals surface area (Å²) < 4.78 is 27.7. The van der Waals surface area contributed by atoms with Gasteiger partial charge in [0.1, 0.15) is 11.6 Å². The third-order valence-electron chi connectivity index (χ3n) is 4.12. The highest BCUT2D eigenvalue weighted by Crippen LogP contribution is 2.22. The SMILES string of the molecule is CCCNC(Cc1c(F)cccc1F)C(C)(C)N(C)C. The van der Waals surface area contributed by atoms with Crippen LogP contribution in [-0.4, -0.2) is 37.1 Å². The van der Waals surface area contributed by atoms with E-state index >= 15 is 0 Å². The van der Waals surface area contributed by atoms with E-state index in [0.29, 0.717) is 6.42 Å². The van der Waals surface area contributed by atoms with Gasteiger partial charge in [-0.15, -0.1) is 0 Å². The third kappa shape index (κ3) is 4.00. The molecular formula is C16H26F2N2. The molecule has 0 fully saturated rings. The van der Waals surface area contributed by atoms with Gasteiger partial charge in [-0.1, -0.05) is 13.0 Å². The van der Waals surface area contributed by atoms with Gasteiger partial charge >= 0.3 is 0 Å². The van der Waals surface area contributed by atoms with Crippen molar-refractivity contribution < 1.29 is 8.78 Å². The molecule has 114 valence electrons. The number of likely N-dealkylation sites (N-methyl/N-ethyl adjacent to an activating group) is 1. The summed E-state index contributed by atoms with van der Waals surface area (Å²) in [6.07, 6.45) is 1.32. The molecule has 0 bridgehead atoms. The zero-order valence-electron chi connectivity index (χ0n) is 13.1. The highest BCUT2D eigenvalue weighted by atomic mass is 19.1. The van der Waals surface area contributed by atoms with Crippen molar-refractivity contribution in [3.05, 3.63) is 35.4 Å². The Kier molecular flexibility index (Phi) is 6.08. The predicted molar refractivity (Wildman–Crippen MR) is 79.9 cm³/mol. The topological polar surface area (TPSA) is 15.3 Å². The summed E-state index contributed by atoms with van der Waals surface area (Å²) in [5.41, 5.74) is -0.0415. The molecule has 0 amide bonds. The number of nitrogens with one attached hydrogen (secondary N) is 1. The van der Waals surface area contributed by atoms with Crippen LogP contribution in [0.1, 0.15) is 32.8 Å². The summed E-state index contributed by atoms with van der Waals surface area (Å²) in [4.78, 5) is 2.08. The molecule has 0 aliphatic rings.